The molecule has 1 aliphatic heterocycles. The van der Waals surface area contributed by atoms with Gasteiger partial charge in [0.1, 0.15) is 0 Å². The number of hydrogen-bond acceptors (Lipinski definition) is 2. The summed E-state index contributed by atoms with van der Waals surface area (Å²) >= 11 is 0. The summed E-state index contributed by atoms with van der Waals surface area (Å²) in [6.45, 7) is 0.975. The smallest absolute Gasteiger partial charge is 0.179 e. The van der Waals surface area contributed by atoms with Crippen molar-refractivity contribution in [2.75, 3.05) is 6.54 Å². The van der Waals surface area contributed by atoms with Gasteiger partial charge in [-0.3, -0.25) is 4.79 Å². The molecule has 2 rings (SSSR count). The van der Waals surface area contributed by atoms with E-state index in [-0.39, 0.29) is 24.2 Å². The van der Waals surface area contributed by atoms with Gasteiger partial charge in [0.15, 0.2) is 5.78 Å². The van der Waals surface area contributed by atoms with Gasteiger partial charge in [0.05, 0.1) is 6.04 Å². The van der Waals surface area contributed by atoms with Crippen molar-refractivity contribution in [2.24, 2.45) is 0 Å². The van der Waals surface area contributed by atoms with Crippen LogP contribution in [0.5, 0.6) is 0 Å². The van der Waals surface area contributed by atoms with Crippen molar-refractivity contribution in [3.8, 4) is 0 Å². The van der Waals surface area contributed by atoms with E-state index in [2.05, 4.69) is 5.32 Å². The topological polar surface area (TPSA) is 29.1 Å². The summed E-state index contributed by atoms with van der Waals surface area (Å²) < 4.78 is 0. The second-order valence-electron chi connectivity index (χ2n) is 3.38. The van der Waals surface area contributed by atoms with Gasteiger partial charge in [-0.2, -0.15) is 0 Å². The molecule has 1 aliphatic rings. The Labute approximate surface area is 90.1 Å². The first kappa shape index (κ1) is 11.2. The molecule has 1 aromatic rings. The Kier molecular flexibility index (Phi) is 4.11. The van der Waals surface area contributed by atoms with Gasteiger partial charge in [-0.05, 0) is 19.4 Å². The molecular weight excluding hydrogens is 198 g/mol. The molecule has 1 atom stereocenters. The molecule has 0 radical (unpaired) electrons. The van der Waals surface area contributed by atoms with E-state index in [1.54, 1.807) is 0 Å². The first-order chi connectivity index (χ1) is 6.38. The first-order valence-electron chi connectivity index (χ1n) is 4.70. The summed E-state index contributed by atoms with van der Waals surface area (Å²) in [5, 5.41) is 3.21. The third-order valence-electron chi connectivity index (χ3n) is 2.44. The Balaban J connectivity index is 0.000000980. The maximum atomic E-state index is 11.8. The quantitative estimate of drug-likeness (QED) is 0.759. The Bertz CT molecular complexity index is 293. The molecule has 0 aliphatic carbocycles. The fourth-order valence-corrected chi connectivity index (χ4v) is 1.71. The number of benzene rings is 1. The van der Waals surface area contributed by atoms with E-state index in [1.165, 1.54) is 0 Å². The van der Waals surface area contributed by atoms with Crippen molar-refractivity contribution in [1.29, 1.82) is 0 Å². The number of carbonyl (C=O) groups excluding carboxylic acids is 1. The van der Waals surface area contributed by atoms with Crippen LogP contribution in [-0.4, -0.2) is 18.4 Å². The molecule has 1 fully saturated rings. The summed E-state index contributed by atoms with van der Waals surface area (Å²) in [5.41, 5.74) is 0.821. The standard InChI is InChI=1S/C11H13NO.ClH/c13-11(10-7-4-8-12-10)9-5-2-1-3-6-9;/h1-3,5-6,10,12H,4,7-8H2;1H/t10-;/m1./s1. The highest BCUT2D eigenvalue weighted by Gasteiger charge is 2.22. The summed E-state index contributed by atoms with van der Waals surface area (Å²) in [4.78, 5) is 11.8. The third-order valence-corrected chi connectivity index (χ3v) is 2.44. The van der Waals surface area contributed by atoms with Gasteiger partial charge in [-0.15, -0.1) is 12.4 Å². The lowest BCUT2D eigenvalue weighted by Gasteiger charge is -2.07. The Morgan fingerprint density at radius 1 is 1.29 bits per heavy atom. The molecule has 14 heavy (non-hydrogen) atoms. The van der Waals surface area contributed by atoms with Gasteiger partial charge in [-0.25, -0.2) is 0 Å². The molecule has 0 aromatic heterocycles. The molecule has 1 heterocycles. The van der Waals surface area contributed by atoms with Crippen LogP contribution >= 0.6 is 12.4 Å². The van der Waals surface area contributed by atoms with Crippen molar-refractivity contribution in [1.82, 2.24) is 5.32 Å². The van der Waals surface area contributed by atoms with Gasteiger partial charge in [-0.1, -0.05) is 30.3 Å². The van der Waals surface area contributed by atoms with Crippen molar-refractivity contribution < 1.29 is 4.79 Å². The lowest BCUT2D eigenvalue weighted by molar-refractivity contribution is 0.0952. The van der Waals surface area contributed by atoms with Crippen molar-refractivity contribution in [3.05, 3.63) is 35.9 Å². The summed E-state index contributed by atoms with van der Waals surface area (Å²) in [5.74, 6) is 0.234. The van der Waals surface area contributed by atoms with Crippen LogP contribution in [0.4, 0.5) is 0 Å². The lowest BCUT2D eigenvalue weighted by Crippen LogP contribution is -2.30. The van der Waals surface area contributed by atoms with E-state index in [4.69, 9.17) is 0 Å². The molecule has 76 valence electrons. The Morgan fingerprint density at radius 2 is 2.00 bits per heavy atom. The SMILES string of the molecule is Cl.O=C(c1ccccc1)[C@H]1CCCN1. The molecule has 0 bridgehead atoms. The summed E-state index contributed by atoms with van der Waals surface area (Å²) in [6, 6.07) is 9.55. The van der Waals surface area contributed by atoms with E-state index in [0.717, 1.165) is 24.9 Å². The van der Waals surface area contributed by atoms with E-state index in [0.29, 0.717) is 0 Å². The van der Waals surface area contributed by atoms with E-state index in [1.807, 2.05) is 30.3 Å². The van der Waals surface area contributed by atoms with Gasteiger partial charge >= 0.3 is 0 Å². The third kappa shape index (κ3) is 2.34. The van der Waals surface area contributed by atoms with Crippen LogP contribution in [0.2, 0.25) is 0 Å². The molecule has 0 unspecified atom stereocenters. The number of halogens is 1. The van der Waals surface area contributed by atoms with Crippen LogP contribution in [0.3, 0.4) is 0 Å². The van der Waals surface area contributed by atoms with E-state index < -0.39 is 0 Å². The maximum absolute atomic E-state index is 11.8. The minimum absolute atomic E-state index is 0. The Hall–Kier alpha value is -0.860. The van der Waals surface area contributed by atoms with Crippen LogP contribution in [0.25, 0.3) is 0 Å². The number of hydrogen-bond donors (Lipinski definition) is 1. The highest BCUT2D eigenvalue weighted by molar-refractivity contribution is 6.00. The number of rotatable bonds is 2. The molecular formula is C11H14ClNO. The second-order valence-corrected chi connectivity index (χ2v) is 3.38. The number of Topliss-reactive ketones (excluding diaryl/α,β-unsaturated/α-hetero) is 1. The summed E-state index contributed by atoms with van der Waals surface area (Å²) in [6.07, 6.45) is 2.09. The zero-order chi connectivity index (χ0) is 9.10. The number of nitrogens with one attached hydrogen (secondary N) is 1. The zero-order valence-corrected chi connectivity index (χ0v) is 8.72. The molecule has 2 nitrogen and oxygen atoms in total. The lowest BCUT2D eigenvalue weighted by atomic mass is 10.0. The number of carbonyl (C=O) groups is 1. The minimum Gasteiger partial charge on any atom is -0.307 e. The predicted octanol–water partition coefficient (Wildman–Crippen LogP) is 2.04. The fraction of sp³-hybridized carbons (Fsp3) is 0.364. The molecule has 0 amide bonds. The van der Waals surface area contributed by atoms with E-state index in [9.17, 15) is 4.79 Å². The van der Waals surface area contributed by atoms with E-state index >= 15 is 0 Å². The monoisotopic (exact) mass is 211 g/mol. The van der Waals surface area contributed by atoms with Gasteiger partial charge in [0.2, 0.25) is 0 Å². The van der Waals surface area contributed by atoms with Gasteiger partial charge in [0, 0.05) is 5.56 Å². The number of ketones is 1. The fourth-order valence-electron chi connectivity index (χ4n) is 1.71. The van der Waals surface area contributed by atoms with Crippen LogP contribution in [-0.2, 0) is 0 Å². The first-order valence-corrected chi connectivity index (χ1v) is 4.70. The van der Waals surface area contributed by atoms with Gasteiger partial charge < -0.3 is 5.32 Å². The summed E-state index contributed by atoms with van der Waals surface area (Å²) in [7, 11) is 0. The molecule has 1 aromatic carbocycles. The second kappa shape index (κ2) is 5.13. The average molecular weight is 212 g/mol. The maximum Gasteiger partial charge on any atom is 0.179 e. The van der Waals surface area contributed by atoms with Crippen LogP contribution in [0.1, 0.15) is 23.2 Å². The van der Waals surface area contributed by atoms with Gasteiger partial charge in [0.25, 0.3) is 0 Å². The molecule has 1 saturated heterocycles. The highest BCUT2D eigenvalue weighted by atomic mass is 35.5. The highest BCUT2D eigenvalue weighted by Crippen LogP contribution is 2.11. The van der Waals surface area contributed by atoms with Crippen molar-refractivity contribution in [2.45, 2.75) is 18.9 Å². The van der Waals surface area contributed by atoms with Crippen LogP contribution in [0.15, 0.2) is 30.3 Å². The molecule has 3 heteroatoms. The average Bonchev–Trinajstić information content (AvgIpc) is 2.71. The predicted molar refractivity (Wildman–Crippen MR) is 59.0 cm³/mol. The van der Waals surface area contributed by atoms with Crippen LogP contribution < -0.4 is 5.32 Å². The zero-order valence-electron chi connectivity index (χ0n) is 7.90. The molecule has 1 N–H and O–H groups in total. The minimum atomic E-state index is 0. The van der Waals surface area contributed by atoms with Crippen LogP contribution in [0, 0.1) is 0 Å². The molecule has 0 saturated carbocycles. The van der Waals surface area contributed by atoms with Crippen molar-refractivity contribution >= 4 is 18.2 Å². The largest absolute Gasteiger partial charge is 0.307 e. The normalized spacial score (nSPS) is 20.1. The molecule has 0 spiro atoms. The Morgan fingerprint density at radius 3 is 2.57 bits per heavy atom. The van der Waals surface area contributed by atoms with Crippen molar-refractivity contribution in [3.63, 3.8) is 0 Å².